The summed E-state index contributed by atoms with van der Waals surface area (Å²) in [5, 5.41) is 0. The molecule has 0 radical (unpaired) electrons. The summed E-state index contributed by atoms with van der Waals surface area (Å²) < 4.78 is 31.1. The molecule has 1 amide bonds. The number of benzene rings is 1. The fraction of sp³-hybridized carbons (Fsp3) is 0.400. The number of fused-ring (bicyclic) bond motifs is 2. The van der Waals surface area contributed by atoms with Gasteiger partial charge in [0.25, 0.3) is 15.9 Å². The number of carbonyl (C=O) groups is 2. The van der Waals surface area contributed by atoms with Crippen LogP contribution in [0.1, 0.15) is 56.2 Å². The molecule has 0 fully saturated rings. The average molecular weight is 420 g/mol. The second-order valence-corrected chi connectivity index (χ2v) is 9.96. The van der Waals surface area contributed by atoms with Crippen LogP contribution in [0.4, 0.5) is 0 Å². The van der Waals surface area contributed by atoms with Gasteiger partial charge in [-0.15, -0.1) is 11.3 Å². The minimum Gasteiger partial charge on any atom is -0.460 e. The van der Waals surface area contributed by atoms with Gasteiger partial charge in [0.05, 0.1) is 12.1 Å². The van der Waals surface area contributed by atoms with Crippen LogP contribution in [0.3, 0.4) is 0 Å². The quantitative estimate of drug-likeness (QED) is 0.710. The van der Waals surface area contributed by atoms with E-state index in [1.165, 1.54) is 46.8 Å². The number of hydrogen-bond donors (Lipinski definition) is 0. The van der Waals surface area contributed by atoms with Crippen LogP contribution in [0.5, 0.6) is 0 Å². The van der Waals surface area contributed by atoms with Crippen LogP contribution in [0.15, 0.2) is 35.2 Å². The van der Waals surface area contributed by atoms with Crippen molar-refractivity contribution in [1.82, 2.24) is 4.31 Å². The van der Waals surface area contributed by atoms with Gasteiger partial charge in [0, 0.05) is 4.88 Å². The standard InChI is InChI=1S/C20H21NO5S2/c22-19-15-8-5-6-10-18(15)28(24,25)21(19)11-12-26-20(23)17-13-14-7-3-1-2-4-9-16(14)27-17/h5-6,8,10,13H,1-4,7,9,11-12H2. The number of nitrogens with zero attached hydrogens (tertiary/aromatic N) is 1. The monoisotopic (exact) mass is 419 g/mol. The molecule has 2 aliphatic rings. The molecule has 0 bridgehead atoms. The minimum absolute atomic E-state index is 0.00406. The summed E-state index contributed by atoms with van der Waals surface area (Å²) >= 11 is 1.47. The lowest BCUT2D eigenvalue weighted by molar-refractivity contribution is 0.0483. The maximum Gasteiger partial charge on any atom is 0.348 e. The van der Waals surface area contributed by atoms with Crippen LogP contribution in [-0.2, 0) is 27.6 Å². The Morgan fingerprint density at radius 2 is 1.86 bits per heavy atom. The summed E-state index contributed by atoms with van der Waals surface area (Å²) in [5.41, 5.74) is 1.39. The molecule has 2 aromatic rings. The van der Waals surface area contributed by atoms with Gasteiger partial charge in [-0.1, -0.05) is 25.0 Å². The summed E-state index contributed by atoms with van der Waals surface area (Å²) in [4.78, 5) is 26.6. The van der Waals surface area contributed by atoms with Crippen molar-refractivity contribution in [1.29, 1.82) is 0 Å². The number of aryl methyl sites for hydroxylation is 2. The van der Waals surface area contributed by atoms with Gasteiger partial charge >= 0.3 is 5.97 Å². The Labute approximate surface area is 168 Å². The first-order chi connectivity index (χ1) is 13.5. The molecule has 0 spiro atoms. The van der Waals surface area contributed by atoms with E-state index in [2.05, 4.69) is 0 Å². The van der Waals surface area contributed by atoms with E-state index in [0.29, 0.717) is 4.88 Å². The fourth-order valence-corrected chi connectivity index (χ4v) is 6.39. The van der Waals surface area contributed by atoms with Crippen LogP contribution in [-0.4, -0.2) is 37.8 Å². The van der Waals surface area contributed by atoms with E-state index in [9.17, 15) is 18.0 Å². The lowest BCUT2D eigenvalue weighted by atomic mass is 10.00. The molecule has 6 nitrogen and oxygen atoms in total. The van der Waals surface area contributed by atoms with Gasteiger partial charge < -0.3 is 4.74 Å². The lowest BCUT2D eigenvalue weighted by Crippen LogP contribution is -2.33. The molecule has 28 heavy (non-hydrogen) atoms. The number of carbonyl (C=O) groups excluding carboxylic acids is 2. The fourth-order valence-electron chi connectivity index (χ4n) is 3.69. The van der Waals surface area contributed by atoms with E-state index < -0.39 is 21.9 Å². The van der Waals surface area contributed by atoms with Gasteiger partial charge in [0.15, 0.2) is 0 Å². The summed E-state index contributed by atoms with van der Waals surface area (Å²) in [6, 6.07) is 8.01. The molecular formula is C20H21NO5S2. The van der Waals surface area contributed by atoms with Gasteiger partial charge in [-0.05, 0) is 49.4 Å². The highest BCUT2D eigenvalue weighted by Crippen LogP contribution is 2.30. The molecule has 0 unspecified atom stereocenters. The Bertz CT molecular complexity index is 999. The molecular weight excluding hydrogens is 398 g/mol. The number of thiophene rings is 1. The molecule has 0 atom stereocenters. The van der Waals surface area contributed by atoms with Crippen LogP contribution < -0.4 is 0 Å². The van der Waals surface area contributed by atoms with Gasteiger partial charge in [-0.3, -0.25) is 4.79 Å². The first-order valence-electron chi connectivity index (χ1n) is 9.43. The summed E-state index contributed by atoms with van der Waals surface area (Å²) in [5.74, 6) is -1.04. The van der Waals surface area contributed by atoms with Crippen molar-refractivity contribution in [2.45, 2.75) is 43.4 Å². The predicted octanol–water partition coefficient (Wildman–Crippen LogP) is 3.41. The largest absolute Gasteiger partial charge is 0.460 e. The molecule has 2 heterocycles. The minimum atomic E-state index is -3.87. The van der Waals surface area contributed by atoms with Crippen molar-refractivity contribution in [2.24, 2.45) is 0 Å². The first kappa shape index (κ1) is 19.1. The van der Waals surface area contributed by atoms with E-state index in [4.69, 9.17) is 4.74 Å². The third kappa shape index (κ3) is 3.46. The van der Waals surface area contributed by atoms with Crippen molar-refractivity contribution in [3.63, 3.8) is 0 Å². The number of sulfonamides is 1. The van der Waals surface area contributed by atoms with Crippen molar-refractivity contribution >= 4 is 33.2 Å². The van der Waals surface area contributed by atoms with E-state index in [1.54, 1.807) is 12.1 Å². The molecule has 1 aromatic carbocycles. The maximum absolute atomic E-state index is 12.5. The van der Waals surface area contributed by atoms with E-state index in [-0.39, 0.29) is 23.6 Å². The second-order valence-electron chi connectivity index (χ2n) is 6.99. The molecule has 1 aliphatic carbocycles. The Morgan fingerprint density at radius 1 is 1.11 bits per heavy atom. The predicted molar refractivity (Wildman–Crippen MR) is 105 cm³/mol. The number of ether oxygens (including phenoxy) is 1. The van der Waals surface area contributed by atoms with Crippen LogP contribution in [0, 0.1) is 0 Å². The lowest BCUT2D eigenvalue weighted by Gasteiger charge is -2.14. The van der Waals surface area contributed by atoms with Gasteiger partial charge in [-0.25, -0.2) is 17.5 Å². The van der Waals surface area contributed by atoms with Crippen molar-refractivity contribution < 1.29 is 22.7 Å². The Kier molecular flexibility index (Phi) is 5.25. The number of rotatable bonds is 4. The van der Waals surface area contributed by atoms with Crippen molar-refractivity contribution in [3.8, 4) is 0 Å². The molecule has 0 saturated heterocycles. The normalized spacial score (nSPS) is 18.1. The van der Waals surface area contributed by atoms with Crippen LogP contribution in [0.2, 0.25) is 0 Å². The second kappa shape index (κ2) is 7.67. The average Bonchev–Trinajstić information content (AvgIpc) is 3.14. The molecule has 0 N–H and O–H groups in total. The topological polar surface area (TPSA) is 80.8 Å². The number of amides is 1. The molecule has 148 valence electrons. The number of hydrogen-bond acceptors (Lipinski definition) is 6. The van der Waals surface area contributed by atoms with Gasteiger partial charge in [0.1, 0.15) is 16.4 Å². The molecule has 1 aliphatic heterocycles. The highest BCUT2D eigenvalue weighted by Gasteiger charge is 2.40. The zero-order chi connectivity index (χ0) is 19.7. The number of esters is 1. The highest BCUT2D eigenvalue weighted by molar-refractivity contribution is 7.90. The zero-order valence-electron chi connectivity index (χ0n) is 15.3. The third-order valence-electron chi connectivity index (χ3n) is 5.14. The Morgan fingerprint density at radius 3 is 2.64 bits per heavy atom. The van der Waals surface area contributed by atoms with Crippen LogP contribution in [0.25, 0.3) is 0 Å². The third-order valence-corrected chi connectivity index (χ3v) is 8.19. The van der Waals surface area contributed by atoms with Gasteiger partial charge in [0.2, 0.25) is 0 Å². The Hall–Kier alpha value is -2.19. The van der Waals surface area contributed by atoms with Crippen LogP contribution >= 0.6 is 11.3 Å². The highest BCUT2D eigenvalue weighted by atomic mass is 32.2. The zero-order valence-corrected chi connectivity index (χ0v) is 17.0. The van der Waals surface area contributed by atoms with E-state index >= 15 is 0 Å². The summed E-state index contributed by atoms with van der Waals surface area (Å²) in [6.45, 7) is -0.354. The Balaban J connectivity index is 1.40. The van der Waals surface area contributed by atoms with E-state index in [1.807, 2.05) is 6.07 Å². The maximum atomic E-state index is 12.5. The van der Waals surface area contributed by atoms with Crippen molar-refractivity contribution in [3.05, 3.63) is 51.2 Å². The smallest absolute Gasteiger partial charge is 0.348 e. The first-order valence-corrected chi connectivity index (χ1v) is 11.7. The van der Waals surface area contributed by atoms with E-state index in [0.717, 1.165) is 30.0 Å². The van der Waals surface area contributed by atoms with Crippen molar-refractivity contribution in [2.75, 3.05) is 13.2 Å². The molecule has 1 aromatic heterocycles. The molecule has 0 saturated carbocycles. The molecule has 8 heteroatoms. The summed E-state index contributed by atoms with van der Waals surface area (Å²) in [7, 11) is -3.87. The SMILES string of the molecule is O=C(OCCN1C(=O)c2ccccc2S1(=O)=O)c1cc2c(s1)CCCCCC2. The summed E-state index contributed by atoms with van der Waals surface area (Å²) in [6.07, 6.45) is 6.68. The molecule has 4 rings (SSSR count). The van der Waals surface area contributed by atoms with Gasteiger partial charge in [-0.2, -0.15) is 0 Å².